The normalized spacial score (nSPS) is 13.4. The number of nitrogens with one attached hydrogen (secondary N) is 1. The molecular weight excluding hydrogens is 464 g/mol. The molecule has 33 heavy (non-hydrogen) atoms. The Hall–Kier alpha value is -3.48. The van der Waals surface area contributed by atoms with E-state index in [1.807, 2.05) is 24.3 Å². The highest BCUT2D eigenvalue weighted by Crippen LogP contribution is 2.28. The van der Waals surface area contributed by atoms with Crippen LogP contribution in [-0.2, 0) is 21.2 Å². The predicted octanol–water partition coefficient (Wildman–Crippen LogP) is 1.44. The molecule has 1 aliphatic rings. The Morgan fingerprint density at radius 3 is 2.67 bits per heavy atom. The van der Waals surface area contributed by atoms with E-state index in [2.05, 4.69) is 15.1 Å². The zero-order valence-corrected chi connectivity index (χ0v) is 18.8. The van der Waals surface area contributed by atoms with Gasteiger partial charge in [0.1, 0.15) is 5.39 Å². The monoisotopic (exact) mass is 482 g/mol. The van der Waals surface area contributed by atoms with Gasteiger partial charge in [-0.05, 0) is 42.3 Å². The van der Waals surface area contributed by atoms with E-state index in [0.717, 1.165) is 29.4 Å². The number of carbonyl (C=O) groups is 1. The molecule has 0 saturated heterocycles. The van der Waals surface area contributed by atoms with Crippen molar-refractivity contribution in [3.63, 3.8) is 0 Å². The lowest BCUT2D eigenvalue weighted by Crippen LogP contribution is -2.30. The first-order valence-electron chi connectivity index (χ1n) is 9.93. The number of rotatable bonds is 5. The van der Waals surface area contributed by atoms with E-state index in [0.29, 0.717) is 17.9 Å². The molecule has 0 saturated carbocycles. The van der Waals surface area contributed by atoms with Crippen LogP contribution in [0.25, 0.3) is 16.7 Å². The summed E-state index contributed by atoms with van der Waals surface area (Å²) in [5.41, 5.74) is 2.48. The van der Waals surface area contributed by atoms with E-state index in [4.69, 9.17) is 5.14 Å². The van der Waals surface area contributed by atoms with Crippen molar-refractivity contribution < 1.29 is 13.2 Å². The zero-order chi connectivity index (χ0) is 23.2. The molecule has 12 heteroatoms. The molecule has 0 spiro atoms. The van der Waals surface area contributed by atoms with Crippen molar-refractivity contribution in [2.24, 2.45) is 5.14 Å². The van der Waals surface area contributed by atoms with Crippen molar-refractivity contribution in [1.29, 1.82) is 0 Å². The Kier molecular flexibility index (Phi) is 5.27. The Morgan fingerprint density at radius 2 is 1.91 bits per heavy atom. The summed E-state index contributed by atoms with van der Waals surface area (Å²) in [6, 6.07) is 13.6. The SMILES string of the molecule is NS(=O)(=O)c1ccc(-n2ncc3c(=O)[nH]c(SCC(=O)N4CCc5ccccc54)nc32)cc1. The summed E-state index contributed by atoms with van der Waals surface area (Å²) in [7, 11) is -3.83. The third-order valence-corrected chi connectivity index (χ3v) is 7.13. The van der Waals surface area contributed by atoms with Crippen LogP contribution in [0.5, 0.6) is 0 Å². The number of fused-ring (bicyclic) bond motifs is 2. The molecule has 5 rings (SSSR count). The number of hydrogen-bond donors (Lipinski definition) is 2. The summed E-state index contributed by atoms with van der Waals surface area (Å²) < 4.78 is 24.4. The van der Waals surface area contributed by atoms with Crippen molar-refractivity contribution in [1.82, 2.24) is 19.7 Å². The maximum atomic E-state index is 12.8. The summed E-state index contributed by atoms with van der Waals surface area (Å²) in [4.78, 5) is 34.2. The molecule has 1 amide bonds. The number of anilines is 1. The van der Waals surface area contributed by atoms with E-state index in [-0.39, 0.29) is 32.7 Å². The van der Waals surface area contributed by atoms with Crippen molar-refractivity contribution in [3.8, 4) is 5.69 Å². The molecule has 2 aromatic carbocycles. The van der Waals surface area contributed by atoms with Gasteiger partial charge in [0.25, 0.3) is 5.56 Å². The van der Waals surface area contributed by atoms with Crippen LogP contribution >= 0.6 is 11.8 Å². The van der Waals surface area contributed by atoms with E-state index in [1.54, 1.807) is 4.90 Å². The fourth-order valence-corrected chi connectivity index (χ4v) is 4.99. The number of para-hydroxylation sites is 1. The molecule has 0 radical (unpaired) electrons. The van der Waals surface area contributed by atoms with Crippen molar-refractivity contribution in [2.45, 2.75) is 16.5 Å². The van der Waals surface area contributed by atoms with E-state index in [1.165, 1.54) is 35.1 Å². The number of nitrogens with two attached hydrogens (primary N) is 1. The Balaban J connectivity index is 1.40. The fourth-order valence-electron chi connectivity index (χ4n) is 3.74. The van der Waals surface area contributed by atoms with Gasteiger partial charge in [0.05, 0.1) is 22.5 Å². The second-order valence-electron chi connectivity index (χ2n) is 7.42. The molecule has 0 aliphatic carbocycles. The Morgan fingerprint density at radius 1 is 1.15 bits per heavy atom. The van der Waals surface area contributed by atoms with Gasteiger partial charge in [-0.3, -0.25) is 9.59 Å². The molecule has 10 nitrogen and oxygen atoms in total. The van der Waals surface area contributed by atoms with Crippen LogP contribution in [0.2, 0.25) is 0 Å². The molecule has 4 aromatic rings. The lowest BCUT2D eigenvalue weighted by atomic mass is 10.2. The molecule has 1 aliphatic heterocycles. The molecule has 3 heterocycles. The van der Waals surface area contributed by atoms with Crippen LogP contribution in [0, 0.1) is 0 Å². The summed E-state index contributed by atoms with van der Waals surface area (Å²) in [5, 5.41) is 9.92. The van der Waals surface area contributed by atoms with E-state index >= 15 is 0 Å². The third kappa shape index (κ3) is 4.03. The number of thioether (sulfide) groups is 1. The summed E-state index contributed by atoms with van der Waals surface area (Å²) in [6.45, 7) is 0.628. The number of H-pyrrole nitrogens is 1. The van der Waals surface area contributed by atoms with Gasteiger partial charge in [-0.2, -0.15) is 5.10 Å². The van der Waals surface area contributed by atoms with Gasteiger partial charge in [0.2, 0.25) is 15.9 Å². The van der Waals surface area contributed by atoms with E-state index in [9.17, 15) is 18.0 Å². The molecule has 0 bridgehead atoms. The number of sulfonamides is 1. The van der Waals surface area contributed by atoms with Gasteiger partial charge >= 0.3 is 0 Å². The molecule has 0 unspecified atom stereocenters. The van der Waals surface area contributed by atoms with Gasteiger partial charge in [0, 0.05) is 12.2 Å². The standard InChI is InChI=1S/C21H18N6O4S2/c22-33(30,31)15-7-5-14(6-8-15)27-19-16(11-23-27)20(29)25-21(24-19)32-12-18(28)26-10-9-13-3-1-2-4-17(13)26/h1-8,11H,9-10,12H2,(H2,22,30,31)(H,24,25,29). The number of carbonyl (C=O) groups excluding carboxylic acids is 1. The molecule has 2 aromatic heterocycles. The predicted molar refractivity (Wildman–Crippen MR) is 124 cm³/mol. The number of hydrogen-bond acceptors (Lipinski definition) is 7. The molecule has 3 N–H and O–H groups in total. The average molecular weight is 483 g/mol. The van der Waals surface area contributed by atoms with Gasteiger partial charge in [0.15, 0.2) is 10.8 Å². The number of nitrogens with zero attached hydrogens (tertiary/aromatic N) is 4. The van der Waals surface area contributed by atoms with Crippen molar-refractivity contribution in [2.75, 3.05) is 17.2 Å². The minimum Gasteiger partial charge on any atom is -0.311 e. The summed E-state index contributed by atoms with van der Waals surface area (Å²) in [5.74, 6) is 0.0414. The number of primary sulfonamides is 1. The van der Waals surface area contributed by atoms with Crippen molar-refractivity contribution >= 4 is 44.4 Å². The quantitative estimate of drug-likeness (QED) is 0.323. The fraction of sp³-hybridized carbons (Fsp3) is 0.143. The zero-order valence-electron chi connectivity index (χ0n) is 17.1. The van der Waals surface area contributed by atoms with Crippen LogP contribution in [0.15, 0.2) is 69.6 Å². The van der Waals surface area contributed by atoms with Gasteiger partial charge < -0.3 is 9.88 Å². The first-order valence-corrected chi connectivity index (χ1v) is 12.5. The number of aromatic amines is 1. The van der Waals surface area contributed by atoms with Crippen LogP contribution in [0.1, 0.15) is 5.56 Å². The second kappa shape index (κ2) is 8.14. The number of amides is 1. The highest BCUT2D eigenvalue weighted by atomic mass is 32.2. The van der Waals surface area contributed by atoms with Crippen LogP contribution in [0.4, 0.5) is 5.69 Å². The van der Waals surface area contributed by atoms with Crippen LogP contribution < -0.4 is 15.6 Å². The first-order chi connectivity index (χ1) is 15.8. The highest BCUT2D eigenvalue weighted by molar-refractivity contribution is 7.99. The average Bonchev–Trinajstić information content (AvgIpc) is 3.42. The van der Waals surface area contributed by atoms with Crippen molar-refractivity contribution in [3.05, 3.63) is 70.6 Å². The summed E-state index contributed by atoms with van der Waals surface area (Å²) >= 11 is 1.14. The lowest BCUT2D eigenvalue weighted by molar-refractivity contribution is -0.116. The number of benzene rings is 2. The highest BCUT2D eigenvalue weighted by Gasteiger charge is 2.24. The van der Waals surface area contributed by atoms with Gasteiger partial charge in [-0.1, -0.05) is 30.0 Å². The Labute approximate surface area is 192 Å². The molecular formula is C21H18N6O4S2. The number of aromatic nitrogens is 4. The van der Waals surface area contributed by atoms with Gasteiger partial charge in [-0.15, -0.1) is 0 Å². The Bertz CT molecular complexity index is 1540. The molecule has 0 fully saturated rings. The largest absolute Gasteiger partial charge is 0.311 e. The second-order valence-corrected chi connectivity index (χ2v) is 9.94. The lowest BCUT2D eigenvalue weighted by Gasteiger charge is -2.16. The topological polar surface area (TPSA) is 144 Å². The van der Waals surface area contributed by atoms with Gasteiger partial charge in [-0.25, -0.2) is 23.2 Å². The summed E-state index contributed by atoms with van der Waals surface area (Å²) in [6.07, 6.45) is 2.20. The van der Waals surface area contributed by atoms with Crippen LogP contribution in [0.3, 0.4) is 0 Å². The van der Waals surface area contributed by atoms with Crippen LogP contribution in [-0.4, -0.2) is 46.4 Å². The smallest absolute Gasteiger partial charge is 0.262 e. The first kappa shape index (κ1) is 21.4. The van der Waals surface area contributed by atoms with E-state index < -0.39 is 10.0 Å². The molecule has 168 valence electrons. The maximum Gasteiger partial charge on any atom is 0.262 e. The minimum absolute atomic E-state index is 0.0354. The minimum atomic E-state index is -3.83. The molecule has 0 atom stereocenters. The maximum absolute atomic E-state index is 12.8. The third-order valence-electron chi connectivity index (χ3n) is 5.35.